The smallest absolute Gasteiger partial charge is 0.267 e. The van der Waals surface area contributed by atoms with E-state index in [9.17, 15) is 9.59 Å². The molecule has 0 radical (unpaired) electrons. The third-order valence-electron chi connectivity index (χ3n) is 7.02. The lowest BCUT2D eigenvalue weighted by molar-refractivity contribution is 0.102. The number of nitrogens with zero attached hydrogens (tertiary/aromatic N) is 4. The fourth-order valence-corrected chi connectivity index (χ4v) is 5.08. The van der Waals surface area contributed by atoms with Crippen LogP contribution >= 0.6 is 24.8 Å². The molecule has 40 heavy (non-hydrogen) atoms. The van der Waals surface area contributed by atoms with Gasteiger partial charge >= 0.3 is 0 Å². The summed E-state index contributed by atoms with van der Waals surface area (Å²) in [6, 6.07) is 20.3. The minimum absolute atomic E-state index is 0. The van der Waals surface area contributed by atoms with Crippen LogP contribution in [0.5, 0.6) is 0 Å². The number of nitrogen functional groups attached to an aromatic ring is 1. The second kappa shape index (κ2) is 12.3. The van der Waals surface area contributed by atoms with E-state index < -0.39 is 5.91 Å². The van der Waals surface area contributed by atoms with Crippen LogP contribution in [0, 0.1) is 0 Å². The summed E-state index contributed by atoms with van der Waals surface area (Å²) < 4.78 is 3.68. The van der Waals surface area contributed by atoms with Crippen molar-refractivity contribution in [1.29, 1.82) is 0 Å². The Morgan fingerprint density at radius 3 is 2.40 bits per heavy atom. The molecule has 0 bridgehead atoms. The Labute approximate surface area is 243 Å². The van der Waals surface area contributed by atoms with Crippen molar-refractivity contribution in [2.45, 2.75) is 18.9 Å². The van der Waals surface area contributed by atoms with E-state index in [4.69, 9.17) is 5.73 Å². The number of fused-ring (bicyclic) bond motifs is 1. The van der Waals surface area contributed by atoms with Crippen molar-refractivity contribution in [3.05, 3.63) is 101 Å². The van der Waals surface area contributed by atoms with E-state index in [1.807, 2.05) is 54.6 Å². The quantitative estimate of drug-likeness (QED) is 0.274. The van der Waals surface area contributed by atoms with E-state index in [0.717, 1.165) is 48.1 Å². The lowest BCUT2D eigenvalue weighted by Gasteiger charge is -2.24. The SMILES string of the molecule is Cl.Cl.Nc1ncnc2c1c(-c1ccc(NC(=O)c3cccn(-c4ccccc4)c3=O)cc1)cn2C1CCNCC1. The average Bonchev–Trinajstić information content (AvgIpc) is 3.35. The number of para-hydroxylation sites is 1. The van der Waals surface area contributed by atoms with Crippen LogP contribution in [0.15, 0.2) is 90.2 Å². The summed E-state index contributed by atoms with van der Waals surface area (Å²) in [5.74, 6) is -0.0259. The molecular formula is C29H29Cl2N7O2. The fourth-order valence-electron chi connectivity index (χ4n) is 5.08. The molecule has 3 aromatic heterocycles. The van der Waals surface area contributed by atoms with Crippen molar-refractivity contribution >= 4 is 53.3 Å². The molecule has 1 aliphatic rings. The van der Waals surface area contributed by atoms with Crippen molar-refractivity contribution in [1.82, 2.24) is 24.4 Å². The maximum Gasteiger partial charge on any atom is 0.267 e. The summed E-state index contributed by atoms with van der Waals surface area (Å²) in [7, 11) is 0. The van der Waals surface area contributed by atoms with Crippen molar-refractivity contribution in [2.24, 2.45) is 0 Å². The molecule has 0 saturated carbocycles. The Morgan fingerprint density at radius 1 is 0.950 bits per heavy atom. The van der Waals surface area contributed by atoms with Crippen LogP contribution in [-0.4, -0.2) is 38.1 Å². The number of nitrogens with one attached hydrogen (secondary N) is 2. The molecule has 4 N–H and O–H groups in total. The Bertz CT molecular complexity index is 1680. The van der Waals surface area contributed by atoms with E-state index in [2.05, 4.69) is 31.4 Å². The molecule has 4 heterocycles. The first-order valence-corrected chi connectivity index (χ1v) is 12.6. The number of benzene rings is 2. The molecule has 0 atom stereocenters. The van der Waals surface area contributed by atoms with Gasteiger partial charge in [0.15, 0.2) is 0 Å². The molecule has 2 aromatic carbocycles. The summed E-state index contributed by atoms with van der Waals surface area (Å²) in [5.41, 5.74) is 9.98. The molecule has 1 fully saturated rings. The van der Waals surface area contributed by atoms with Gasteiger partial charge in [0.05, 0.1) is 5.39 Å². The number of carbonyl (C=O) groups is 1. The molecule has 0 unspecified atom stereocenters. The van der Waals surface area contributed by atoms with Gasteiger partial charge in [0.1, 0.15) is 23.4 Å². The van der Waals surface area contributed by atoms with Gasteiger partial charge in [-0.25, -0.2) is 9.97 Å². The molecule has 11 heteroatoms. The van der Waals surface area contributed by atoms with E-state index >= 15 is 0 Å². The van der Waals surface area contributed by atoms with Crippen LogP contribution in [0.25, 0.3) is 27.8 Å². The largest absolute Gasteiger partial charge is 0.383 e. The van der Waals surface area contributed by atoms with Gasteiger partial charge in [0.2, 0.25) is 0 Å². The molecule has 6 rings (SSSR count). The topological polar surface area (TPSA) is 120 Å². The summed E-state index contributed by atoms with van der Waals surface area (Å²) >= 11 is 0. The van der Waals surface area contributed by atoms with E-state index in [1.54, 1.807) is 12.3 Å². The van der Waals surface area contributed by atoms with Gasteiger partial charge in [-0.15, -0.1) is 24.8 Å². The molecule has 0 aliphatic carbocycles. The van der Waals surface area contributed by atoms with Crippen molar-refractivity contribution in [3.8, 4) is 16.8 Å². The zero-order valence-corrected chi connectivity index (χ0v) is 23.1. The zero-order chi connectivity index (χ0) is 26.1. The number of pyridine rings is 1. The minimum atomic E-state index is -0.465. The normalized spacial score (nSPS) is 13.3. The highest BCUT2D eigenvalue weighted by atomic mass is 35.5. The number of piperidine rings is 1. The monoisotopic (exact) mass is 577 g/mol. The van der Waals surface area contributed by atoms with E-state index in [0.29, 0.717) is 23.2 Å². The second-order valence-electron chi connectivity index (χ2n) is 9.35. The third kappa shape index (κ3) is 5.44. The number of anilines is 2. The molecule has 0 spiro atoms. The summed E-state index contributed by atoms with van der Waals surface area (Å²) in [4.78, 5) is 34.8. The molecule has 9 nitrogen and oxygen atoms in total. The number of halogens is 2. The van der Waals surface area contributed by atoms with Crippen LogP contribution < -0.4 is 21.9 Å². The maximum absolute atomic E-state index is 13.0. The highest BCUT2D eigenvalue weighted by Crippen LogP contribution is 2.36. The first-order valence-electron chi connectivity index (χ1n) is 12.6. The number of nitrogens with two attached hydrogens (primary N) is 1. The molecule has 1 saturated heterocycles. The van der Waals surface area contributed by atoms with E-state index in [-0.39, 0.29) is 35.9 Å². The minimum Gasteiger partial charge on any atom is -0.383 e. The van der Waals surface area contributed by atoms with E-state index in [1.165, 1.54) is 17.0 Å². The van der Waals surface area contributed by atoms with Crippen LogP contribution in [-0.2, 0) is 0 Å². The zero-order valence-electron chi connectivity index (χ0n) is 21.5. The predicted octanol–water partition coefficient (Wildman–Crippen LogP) is 4.85. The fraction of sp³-hybridized carbons (Fsp3) is 0.172. The summed E-state index contributed by atoms with van der Waals surface area (Å²) in [6.45, 7) is 1.93. The Balaban J connectivity index is 0.00000185. The predicted molar refractivity (Wildman–Crippen MR) is 163 cm³/mol. The van der Waals surface area contributed by atoms with Gasteiger partial charge in [-0.3, -0.25) is 14.2 Å². The van der Waals surface area contributed by atoms with Gasteiger partial charge in [-0.1, -0.05) is 30.3 Å². The first kappa shape index (κ1) is 28.8. The molecule has 1 amide bonds. The number of amides is 1. The third-order valence-corrected chi connectivity index (χ3v) is 7.02. The second-order valence-corrected chi connectivity index (χ2v) is 9.35. The standard InChI is InChI=1S/C29H27N7O2.2ClH/c30-26-25-24(17-36(27(25)33-18-32-26)22-12-14-31-15-13-22)19-8-10-20(11-9-19)34-28(37)23-7-4-16-35(29(23)38)21-5-2-1-3-6-21;;/h1-11,16-18,22,31H,12-15H2,(H,34,37)(H2,30,32,33);2*1H. The number of carbonyl (C=O) groups excluding carboxylic acids is 1. The number of hydrogen-bond donors (Lipinski definition) is 3. The van der Waals surface area contributed by atoms with Gasteiger partial charge < -0.3 is 20.9 Å². The molecule has 1 aliphatic heterocycles. The lowest BCUT2D eigenvalue weighted by Crippen LogP contribution is -2.29. The Kier molecular flexibility index (Phi) is 8.89. The van der Waals surface area contributed by atoms with Crippen molar-refractivity contribution < 1.29 is 4.79 Å². The van der Waals surface area contributed by atoms with Crippen LogP contribution in [0.3, 0.4) is 0 Å². The van der Waals surface area contributed by atoms with Gasteiger partial charge in [-0.05, 0) is 67.9 Å². The lowest BCUT2D eigenvalue weighted by atomic mass is 10.1. The Hall–Kier alpha value is -4.18. The summed E-state index contributed by atoms with van der Waals surface area (Å²) in [5, 5.41) is 7.08. The van der Waals surface area contributed by atoms with Crippen molar-refractivity contribution in [2.75, 3.05) is 24.1 Å². The van der Waals surface area contributed by atoms with Crippen LogP contribution in [0.4, 0.5) is 11.5 Å². The number of aromatic nitrogens is 4. The maximum atomic E-state index is 13.0. The highest BCUT2D eigenvalue weighted by Gasteiger charge is 2.22. The van der Waals surface area contributed by atoms with Crippen molar-refractivity contribution in [3.63, 3.8) is 0 Å². The average molecular weight is 579 g/mol. The van der Waals surface area contributed by atoms with Gasteiger partial charge in [-0.2, -0.15) is 0 Å². The van der Waals surface area contributed by atoms with Gasteiger partial charge in [0.25, 0.3) is 11.5 Å². The molecular weight excluding hydrogens is 549 g/mol. The molecule has 206 valence electrons. The molecule has 5 aromatic rings. The number of hydrogen-bond acceptors (Lipinski definition) is 6. The van der Waals surface area contributed by atoms with Crippen LogP contribution in [0.1, 0.15) is 29.2 Å². The Morgan fingerprint density at radius 2 is 1.68 bits per heavy atom. The summed E-state index contributed by atoms with van der Waals surface area (Å²) in [6.07, 6.45) is 7.30. The highest BCUT2D eigenvalue weighted by molar-refractivity contribution is 6.04. The van der Waals surface area contributed by atoms with Gasteiger partial charge in [0, 0.05) is 35.4 Å². The first-order chi connectivity index (χ1) is 18.6. The number of rotatable bonds is 5. The van der Waals surface area contributed by atoms with Crippen LogP contribution in [0.2, 0.25) is 0 Å².